The van der Waals surface area contributed by atoms with Gasteiger partial charge in [-0.2, -0.15) is 0 Å². The van der Waals surface area contributed by atoms with Crippen molar-refractivity contribution in [2.24, 2.45) is 0 Å². The maximum Gasteiger partial charge on any atom is 0.234 e. The van der Waals surface area contributed by atoms with E-state index in [0.717, 1.165) is 16.8 Å². The summed E-state index contributed by atoms with van der Waals surface area (Å²) in [5.41, 5.74) is 2.81. The molecule has 2 rings (SSSR count). The van der Waals surface area contributed by atoms with E-state index in [0.29, 0.717) is 24.7 Å². The van der Waals surface area contributed by atoms with Crippen molar-refractivity contribution in [1.82, 2.24) is 5.32 Å². The smallest absolute Gasteiger partial charge is 0.234 e. The van der Waals surface area contributed by atoms with Crippen LogP contribution in [0.15, 0.2) is 42.5 Å². The summed E-state index contributed by atoms with van der Waals surface area (Å²) < 4.78 is 11.3. The molecule has 0 fully saturated rings. The lowest BCUT2D eigenvalue weighted by Crippen LogP contribution is -2.33. The number of hydrogen-bond donors (Lipinski definition) is 2. The van der Waals surface area contributed by atoms with Crippen LogP contribution in [0.5, 0.6) is 11.5 Å². The van der Waals surface area contributed by atoms with Gasteiger partial charge in [-0.3, -0.25) is 9.59 Å². The van der Waals surface area contributed by atoms with Gasteiger partial charge in [0.15, 0.2) is 11.5 Å². The number of rotatable bonds is 11. The van der Waals surface area contributed by atoms with Crippen molar-refractivity contribution >= 4 is 29.3 Å². The van der Waals surface area contributed by atoms with Gasteiger partial charge in [0.2, 0.25) is 11.8 Å². The highest BCUT2D eigenvalue weighted by Gasteiger charge is 2.19. The molecule has 0 aliphatic carbocycles. The van der Waals surface area contributed by atoms with Crippen molar-refractivity contribution < 1.29 is 19.1 Å². The standard InChI is InChI=1S/C24H32N2O4S/c1-6-29-21-13-10-19(14-22(21)30-7-2)17(4)25-24(28)18(5)31-15-23(27)26-20-11-8-16(3)9-12-20/h8-14,17-18H,6-7,15H2,1-5H3,(H,25,28)(H,26,27). The first-order valence-electron chi connectivity index (χ1n) is 10.5. The fourth-order valence-corrected chi connectivity index (χ4v) is 3.55. The highest BCUT2D eigenvalue weighted by atomic mass is 32.2. The predicted molar refractivity (Wildman–Crippen MR) is 127 cm³/mol. The van der Waals surface area contributed by atoms with Gasteiger partial charge < -0.3 is 20.1 Å². The number of anilines is 1. The molecule has 7 heteroatoms. The first kappa shape index (κ1) is 24.6. The van der Waals surface area contributed by atoms with Crippen LogP contribution < -0.4 is 20.1 Å². The van der Waals surface area contributed by atoms with E-state index in [1.807, 2.05) is 70.2 Å². The average Bonchev–Trinajstić information content (AvgIpc) is 2.75. The number of thioether (sulfide) groups is 1. The molecule has 168 valence electrons. The highest BCUT2D eigenvalue weighted by Crippen LogP contribution is 2.31. The fraction of sp³-hybridized carbons (Fsp3) is 0.417. The Balaban J connectivity index is 1.87. The summed E-state index contributed by atoms with van der Waals surface area (Å²) >= 11 is 1.30. The molecule has 2 atom stereocenters. The minimum Gasteiger partial charge on any atom is -0.490 e. The fourth-order valence-electron chi connectivity index (χ4n) is 2.86. The van der Waals surface area contributed by atoms with Crippen LogP contribution in [0.1, 0.15) is 44.9 Å². The van der Waals surface area contributed by atoms with E-state index in [4.69, 9.17) is 9.47 Å². The van der Waals surface area contributed by atoms with Gasteiger partial charge in [0.05, 0.1) is 30.3 Å². The van der Waals surface area contributed by atoms with Gasteiger partial charge >= 0.3 is 0 Å². The molecule has 0 spiro atoms. The first-order chi connectivity index (χ1) is 14.8. The summed E-state index contributed by atoms with van der Waals surface area (Å²) in [6.07, 6.45) is 0. The SMILES string of the molecule is CCOc1ccc(C(C)NC(=O)C(C)SCC(=O)Nc2ccc(C)cc2)cc1OCC. The lowest BCUT2D eigenvalue weighted by atomic mass is 10.1. The molecule has 0 bridgehead atoms. The monoisotopic (exact) mass is 444 g/mol. The molecule has 0 radical (unpaired) electrons. The number of ether oxygens (including phenoxy) is 2. The van der Waals surface area contributed by atoms with E-state index in [1.54, 1.807) is 6.92 Å². The summed E-state index contributed by atoms with van der Waals surface area (Å²) in [5.74, 6) is 1.31. The van der Waals surface area contributed by atoms with Crippen LogP contribution in [0.3, 0.4) is 0 Å². The van der Waals surface area contributed by atoms with Gasteiger partial charge in [0, 0.05) is 5.69 Å². The van der Waals surface area contributed by atoms with Crippen LogP contribution in [0, 0.1) is 6.92 Å². The topological polar surface area (TPSA) is 76.7 Å². The van der Waals surface area contributed by atoms with E-state index in [-0.39, 0.29) is 28.9 Å². The number of amides is 2. The van der Waals surface area contributed by atoms with Crippen LogP contribution in [0.2, 0.25) is 0 Å². The Hall–Kier alpha value is -2.67. The van der Waals surface area contributed by atoms with Crippen LogP contribution in [-0.2, 0) is 9.59 Å². The molecule has 2 aromatic carbocycles. The van der Waals surface area contributed by atoms with E-state index < -0.39 is 0 Å². The Kier molecular flexibility index (Phi) is 9.72. The van der Waals surface area contributed by atoms with Crippen molar-refractivity contribution in [3.05, 3.63) is 53.6 Å². The molecule has 2 unspecified atom stereocenters. The molecule has 0 saturated carbocycles. The Labute approximate surface area is 189 Å². The molecule has 0 heterocycles. The van der Waals surface area contributed by atoms with Crippen molar-refractivity contribution in [1.29, 1.82) is 0 Å². The van der Waals surface area contributed by atoms with E-state index >= 15 is 0 Å². The number of carbonyl (C=O) groups excluding carboxylic acids is 2. The molecule has 6 nitrogen and oxygen atoms in total. The van der Waals surface area contributed by atoms with Gasteiger partial charge in [-0.05, 0) is 64.4 Å². The third kappa shape index (κ3) is 7.83. The molecule has 0 aliphatic rings. The van der Waals surface area contributed by atoms with Crippen molar-refractivity contribution in [3.8, 4) is 11.5 Å². The van der Waals surface area contributed by atoms with Gasteiger partial charge in [-0.25, -0.2) is 0 Å². The maximum atomic E-state index is 12.6. The number of aryl methyl sites for hydroxylation is 1. The Morgan fingerprint density at radius 1 is 0.968 bits per heavy atom. The summed E-state index contributed by atoms with van der Waals surface area (Å²) in [6.45, 7) is 10.6. The minimum absolute atomic E-state index is 0.118. The second kappa shape index (κ2) is 12.2. The van der Waals surface area contributed by atoms with Gasteiger partial charge in [-0.1, -0.05) is 23.8 Å². The van der Waals surface area contributed by atoms with Crippen molar-refractivity contribution in [3.63, 3.8) is 0 Å². The number of nitrogens with one attached hydrogen (secondary N) is 2. The first-order valence-corrected chi connectivity index (χ1v) is 11.6. The normalized spacial score (nSPS) is 12.5. The van der Waals surface area contributed by atoms with E-state index in [1.165, 1.54) is 11.8 Å². The maximum absolute atomic E-state index is 12.6. The average molecular weight is 445 g/mol. The van der Waals surface area contributed by atoms with Crippen molar-refractivity contribution in [2.75, 3.05) is 24.3 Å². The summed E-state index contributed by atoms with van der Waals surface area (Å²) in [6, 6.07) is 13.1. The van der Waals surface area contributed by atoms with Crippen molar-refractivity contribution in [2.45, 2.75) is 45.9 Å². The zero-order valence-corrected chi connectivity index (χ0v) is 19.7. The summed E-state index contributed by atoms with van der Waals surface area (Å²) in [4.78, 5) is 24.8. The molecule has 31 heavy (non-hydrogen) atoms. The Morgan fingerprint density at radius 2 is 1.61 bits per heavy atom. The summed E-state index contributed by atoms with van der Waals surface area (Å²) in [7, 11) is 0. The zero-order chi connectivity index (χ0) is 22.8. The highest BCUT2D eigenvalue weighted by molar-refractivity contribution is 8.01. The Morgan fingerprint density at radius 3 is 2.26 bits per heavy atom. The van der Waals surface area contributed by atoms with Crippen LogP contribution in [-0.4, -0.2) is 36.0 Å². The lowest BCUT2D eigenvalue weighted by Gasteiger charge is -2.19. The van der Waals surface area contributed by atoms with E-state index in [2.05, 4.69) is 10.6 Å². The van der Waals surface area contributed by atoms with Gasteiger partial charge in [0.25, 0.3) is 0 Å². The van der Waals surface area contributed by atoms with Gasteiger partial charge in [-0.15, -0.1) is 11.8 Å². The Bertz CT molecular complexity index is 870. The van der Waals surface area contributed by atoms with Crippen LogP contribution >= 0.6 is 11.8 Å². The molecular weight excluding hydrogens is 412 g/mol. The quantitative estimate of drug-likeness (QED) is 0.524. The number of hydrogen-bond acceptors (Lipinski definition) is 5. The molecule has 2 amide bonds. The predicted octanol–water partition coefficient (Wildman–Crippen LogP) is 4.73. The van der Waals surface area contributed by atoms with Crippen LogP contribution in [0.4, 0.5) is 5.69 Å². The molecule has 2 N–H and O–H groups in total. The molecule has 0 aliphatic heterocycles. The lowest BCUT2D eigenvalue weighted by molar-refractivity contribution is -0.120. The summed E-state index contributed by atoms with van der Waals surface area (Å²) in [5, 5.41) is 5.49. The molecule has 0 aromatic heterocycles. The zero-order valence-electron chi connectivity index (χ0n) is 18.9. The molecule has 0 saturated heterocycles. The van der Waals surface area contributed by atoms with Gasteiger partial charge in [0.1, 0.15) is 0 Å². The number of benzene rings is 2. The molecule has 2 aromatic rings. The third-order valence-electron chi connectivity index (χ3n) is 4.60. The second-order valence-electron chi connectivity index (χ2n) is 7.17. The number of carbonyl (C=O) groups is 2. The largest absolute Gasteiger partial charge is 0.490 e. The minimum atomic E-state index is -0.361. The van der Waals surface area contributed by atoms with Crippen LogP contribution in [0.25, 0.3) is 0 Å². The van der Waals surface area contributed by atoms with E-state index in [9.17, 15) is 9.59 Å². The second-order valence-corrected chi connectivity index (χ2v) is 8.50. The molecular formula is C24H32N2O4S. The third-order valence-corrected chi connectivity index (χ3v) is 5.74.